The number of aromatic nitrogens is 1. The molecule has 0 atom stereocenters. The molecule has 1 heterocycles. The van der Waals surface area contributed by atoms with E-state index in [4.69, 9.17) is 14.6 Å². The molecule has 0 unspecified atom stereocenters. The molecule has 2 rings (SSSR count). The first kappa shape index (κ1) is 15.5. The number of hydrogen-bond donors (Lipinski definition) is 1. The maximum atomic E-state index is 10.8. The van der Waals surface area contributed by atoms with E-state index in [2.05, 4.69) is 4.98 Å². The highest BCUT2D eigenvalue weighted by atomic mass is 32.1. The molecule has 0 radical (unpaired) electrons. The monoisotopic (exact) mass is 307 g/mol. The van der Waals surface area contributed by atoms with Crippen LogP contribution in [0.3, 0.4) is 0 Å². The highest BCUT2D eigenvalue weighted by Gasteiger charge is 2.16. The van der Waals surface area contributed by atoms with E-state index in [0.29, 0.717) is 13.0 Å². The average Bonchev–Trinajstić information content (AvgIpc) is 2.88. The Hall–Kier alpha value is -1.92. The summed E-state index contributed by atoms with van der Waals surface area (Å²) in [5.41, 5.74) is 1.70. The molecular weight excluding hydrogens is 290 g/mol. The van der Waals surface area contributed by atoms with Crippen molar-refractivity contribution in [1.82, 2.24) is 4.98 Å². The zero-order chi connectivity index (χ0) is 15.2. The number of methoxy groups -OCH3 is 2. The van der Waals surface area contributed by atoms with Crippen LogP contribution < -0.4 is 4.74 Å². The maximum Gasteiger partial charge on any atom is 0.303 e. The fourth-order valence-corrected chi connectivity index (χ4v) is 3.08. The predicted octanol–water partition coefficient (Wildman–Crippen LogP) is 2.98. The third-order valence-corrected chi connectivity index (χ3v) is 4.15. The van der Waals surface area contributed by atoms with Gasteiger partial charge < -0.3 is 14.6 Å². The summed E-state index contributed by atoms with van der Waals surface area (Å²) in [5, 5.41) is 9.65. The third kappa shape index (κ3) is 3.80. The topological polar surface area (TPSA) is 68.7 Å². The van der Waals surface area contributed by atoms with E-state index in [9.17, 15) is 4.79 Å². The molecule has 5 nitrogen and oxygen atoms in total. The van der Waals surface area contributed by atoms with Crippen molar-refractivity contribution < 1.29 is 19.4 Å². The molecule has 0 fully saturated rings. The van der Waals surface area contributed by atoms with Crippen molar-refractivity contribution in [2.24, 2.45) is 0 Å². The summed E-state index contributed by atoms with van der Waals surface area (Å²) in [6.07, 6.45) is 0.547. The zero-order valence-electron chi connectivity index (χ0n) is 12.0. The largest absolute Gasteiger partial charge is 0.496 e. The van der Waals surface area contributed by atoms with Gasteiger partial charge in [0.1, 0.15) is 10.8 Å². The van der Waals surface area contributed by atoms with Crippen LogP contribution in [-0.2, 0) is 22.6 Å². The molecule has 0 saturated heterocycles. The van der Waals surface area contributed by atoms with Gasteiger partial charge in [0.2, 0.25) is 0 Å². The van der Waals surface area contributed by atoms with Crippen molar-refractivity contribution in [2.75, 3.05) is 14.2 Å². The van der Waals surface area contributed by atoms with Gasteiger partial charge in [0.25, 0.3) is 0 Å². The smallest absolute Gasteiger partial charge is 0.303 e. The molecule has 6 heteroatoms. The number of carboxylic acids is 1. The Morgan fingerprint density at radius 2 is 2.10 bits per heavy atom. The molecular formula is C15H17NO4S. The molecule has 2 aromatic rings. The molecule has 21 heavy (non-hydrogen) atoms. The molecule has 0 aliphatic carbocycles. The van der Waals surface area contributed by atoms with E-state index >= 15 is 0 Å². The Morgan fingerprint density at radius 3 is 2.76 bits per heavy atom. The number of aryl methyl sites for hydroxylation is 1. The van der Waals surface area contributed by atoms with Gasteiger partial charge in [0, 0.05) is 12.0 Å². The number of ether oxygens (including phenoxy) is 2. The third-order valence-electron chi connectivity index (χ3n) is 2.96. The SMILES string of the molecule is COCc1nc(-c2ccccc2OC)sc1CCC(=O)O. The van der Waals surface area contributed by atoms with Crippen molar-refractivity contribution in [3.8, 4) is 16.3 Å². The van der Waals surface area contributed by atoms with Crippen LogP contribution in [0.1, 0.15) is 17.0 Å². The van der Waals surface area contributed by atoms with Crippen LogP contribution in [0.15, 0.2) is 24.3 Å². The van der Waals surface area contributed by atoms with Crippen molar-refractivity contribution in [3.05, 3.63) is 34.8 Å². The van der Waals surface area contributed by atoms with E-state index in [0.717, 1.165) is 26.9 Å². The Labute approximate surface area is 127 Å². The van der Waals surface area contributed by atoms with E-state index in [-0.39, 0.29) is 6.42 Å². The normalized spacial score (nSPS) is 10.6. The number of para-hydroxylation sites is 1. The van der Waals surface area contributed by atoms with Crippen LogP contribution in [0.25, 0.3) is 10.6 Å². The van der Waals surface area contributed by atoms with Crippen LogP contribution in [0, 0.1) is 0 Å². The number of benzene rings is 1. The highest BCUT2D eigenvalue weighted by Crippen LogP contribution is 2.35. The minimum absolute atomic E-state index is 0.0876. The molecule has 0 aliphatic rings. The molecule has 0 bridgehead atoms. The van der Waals surface area contributed by atoms with Gasteiger partial charge >= 0.3 is 5.97 Å². The molecule has 1 N–H and O–H groups in total. The number of carbonyl (C=O) groups is 1. The Bertz CT molecular complexity index is 624. The Balaban J connectivity index is 2.36. The summed E-state index contributed by atoms with van der Waals surface area (Å²) < 4.78 is 10.5. The molecule has 0 spiro atoms. The lowest BCUT2D eigenvalue weighted by atomic mass is 10.2. The molecule has 1 aromatic heterocycles. The lowest BCUT2D eigenvalue weighted by Crippen LogP contribution is -1.99. The number of aliphatic carboxylic acids is 1. The summed E-state index contributed by atoms with van der Waals surface area (Å²) in [7, 11) is 3.22. The minimum Gasteiger partial charge on any atom is -0.496 e. The molecule has 0 saturated carbocycles. The maximum absolute atomic E-state index is 10.8. The predicted molar refractivity (Wildman–Crippen MR) is 80.8 cm³/mol. The van der Waals surface area contributed by atoms with Gasteiger partial charge in [-0.2, -0.15) is 0 Å². The Kier molecular flexibility index (Phi) is 5.30. The van der Waals surface area contributed by atoms with E-state index in [1.165, 1.54) is 11.3 Å². The summed E-state index contributed by atoms with van der Waals surface area (Å²) in [6, 6.07) is 7.64. The van der Waals surface area contributed by atoms with Gasteiger partial charge in [0.05, 0.1) is 31.4 Å². The summed E-state index contributed by atoms with van der Waals surface area (Å²) in [6.45, 7) is 0.376. The van der Waals surface area contributed by atoms with E-state index in [1.54, 1.807) is 14.2 Å². The first-order valence-corrected chi connectivity index (χ1v) is 7.30. The summed E-state index contributed by atoms with van der Waals surface area (Å²) in [4.78, 5) is 16.3. The average molecular weight is 307 g/mol. The van der Waals surface area contributed by atoms with E-state index < -0.39 is 5.97 Å². The van der Waals surface area contributed by atoms with Gasteiger partial charge in [0.15, 0.2) is 0 Å². The van der Waals surface area contributed by atoms with Crippen molar-refractivity contribution in [3.63, 3.8) is 0 Å². The lowest BCUT2D eigenvalue weighted by molar-refractivity contribution is -0.136. The Morgan fingerprint density at radius 1 is 1.33 bits per heavy atom. The van der Waals surface area contributed by atoms with Gasteiger partial charge in [-0.25, -0.2) is 4.98 Å². The quantitative estimate of drug-likeness (QED) is 0.851. The van der Waals surface area contributed by atoms with Gasteiger partial charge in [-0.05, 0) is 18.6 Å². The van der Waals surface area contributed by atoms with Crippen LogP contribution in [0.5, 0.6) is 5.75 Å². The molecule has 0 aliphatic heterocycles. The molecule has 0 amide bonds. The van der Waals surface area contributed by atoms with Crippen molar-refractivity contribution in [1.29, 1.82) is 0 Å². The standard InChI is InChI=1S/C15H17NO4S/c1-19-9-11-13(7-8-14(17)18)21-15(16-11)10-5-3-4-6-12(10)20-2/h3-6H,7-9H2,1-2H3,(H,17,18). The van der Waals surface area contributed by atoms with Crippen LogP contribution in [0.2, 0.25) is 0 Å². The van der Waals surface area contributed by atoms with Crippen molar-refractivity contribution in [2.45, 2.75) is 19.4 Å². The lowest BCUT2D eigenvalue weighted by Gasteiger charge is -2.04. The summed E-state index contributed by atoms with van der Waals surface area (Å²) in [5.74, 6) is -0.0643. The number of rotatable bonds is 7. The fraction of sp³-hybridized carbons (Fsp3) is 0.333. The first-order chi connectivity index (χ1) is 10.2. The number of hydrogen-bond acceptors (Lipinski definition) is 5. The molecule has 112 valence electrons. The van der Waals surface area contributed by atoms with Crippen LogP contribution in [0.4, 0.5) is 0 Å². The second-order valence-electron chi connectivity index (χ2n) is 4.42. The van der Waals surface area contributed by atoms with Crippen molar-refractivity contribution >= 4 is 17.3 Å². The highest BCUT2D eigenvalue weighted by molar-refractivity contribution is 7.15. The number of nitrogens with zero attached hydrogens (tertiary/aromatic N) is 1. The molecule has 1 aromatic carbocycles. The second kappa shape index (κ2) is 7.19. The fourth-order valence-electron chi connectivity index (χ4n) is 1.99. The number of carboxylic acid groups (broad SMARTS) is 1. The van der Waals surface area contributed by atoms with Gasteiger partial charge in [-0.3, -0.25) is 4.79 Å². The first-order valence-electron chi connectivity index (χ1n) is 6.48. The van der Waals surface area contributed by atoms with Gasteiger partial charge in [-0.1, -0.05) is 12.1 Å². The van der Waals surface area contributed by atoms with Gasteiger partial charge in [-0.15, -0.1) is 11.3 Å². The van der Waals surface area contributed by atoms with Crippen LogP contribution in [-0.4, -0.2) is 30.3 Å². The van der Waals surface area contributed by atoms with E-state index in [1.807, 2.05) is 24.3 Å². The van der Waals surface area contributed by atoms with Crippen LogP contribution >= 0.6 is 11.3 Å². The minimum atomic E-state index is -0.814. The second-order valence-corrected chi connectivity index (χ2v) is 5.50. The number of thiazole rings is 1. The zero-order valence-corrected chi connectivity index (χ0v) is 12.8. The summed E-state index contributed by atoms with van der Waals surface area (Å²) >= 11 is 1.49.